The number of nitrogens with one attached hydrogen (secondary N) is 1. The number of rotatable bonds is 4. The number of hydrogen-bond donors (Lipinski definition) is 1. The van der Waals surface area contributed by atoms with Crippen LogP contribution >= 0.6 is 11.3 Å². The highest BCUT2D eigenvalue weighted by Crippen LogP contribution is 2.28. The van der Waals surface area contributed by atoms with E-state index in [9.17, 15) is 9.59 Å². The van der Waals surface area contributed by atoms with Crippen molar-refractivity contribution in [2.24, 2.45) is 0 Å². The molecule has 0 spiro atoms. The van der Waals surface area contributed by atoms with E-state index in [1.54, 1.807) is 22.0 Å². The number of methoxy groups -OCH3 is 1. The van der Waals surface area contributed by atoms with E-state index < -0.39 is 5.97 Å². The summed E-state index contributed by atoms with van der Waals surface area (Å²) in [5.74, 6) is -0.344. The lowest BCUT2D eigenvalue weighted by molar-refractivity contribution is -0.120. The first kappa shape index (κ1) is 16.8. The molecule has 0 saturated carbocycles. The van der Waals surface area contributed by atoms with Crippen LogP contribution in [0.5, 0.6) is 0 Å². The molecule has 6 heteroatoms. The van der Waals surface area contributed by atoms with Crippen LogP contribution in [0.4, 0.5) is 5.69 Å². The van der Waals surface area contributed by atoms with E-state index in [2.05, 4.69) is 24.4 Å². The second-order valence-electron chi connectivity index (χ2n) is 6.64. The van der Waals surface area contributed by atoms with Gasteiger partial charge in [0.2, 0.25) is 0 Å². The monoisotopic (exact) mass is 368 g/mol. The predicted octanol–water partition coefficient (Wildman–Crippen LogP) is 3.79. The van der Waals surface area contributed by atoms with E-state index >= 15 is 0 Å². The Hall–Kier alpha value is -2.60. The van der Waals surface area contributed by atoms with Crippen molar-refractivity contribution in [1.82, 2.24) is 4.57 Å². The van der Waals surface area contributed by atoms with Crippen molar-refractivity contribution in [2.75, 3.05) is 12.4 Å². The Kier molecular flexibility index (Phi) is 4.28. The van der Waals surface area contributed by atoms with Crippen molar-refractivity contribution in [2.45, 2.75) is 32.4 Å². The molecular formula is C20H20N2O3S. The molecule has 1 unspecified atom stereocenters. The quantitative estimate of drug-likeness (QED) is 0.712. The third-order valence-corrected chi connectivity index (χ3v) is 5.77. The van der Waals surface area contributed by atoms with Gasteiger partial charge < -0.3 is 14.6 Å². The molecule has 1 aromatic carbocycles. The zero-order chi connectivity index (χ0) is 18.3. The fourth-order valence-corrected chi connectivity index (χ4v) is 4.38. The van der Waals surface area contributed by atoms with Crippen LogP contribution in [0, 0.1) is 6.92 Å². The topological polar surface area (TPSA) is 60.3 Å². The molecule has 1 N–H and O–H groups in total. The molecule has 3 aromatic rings. The van der Waals surface area contributed by atoms with Gasteiger partial charge in [0, 0.05) is 5.69 Å². The summed E-state index contributed by atoms with van der Waals surface area (Å²) in [5.41, 5.74) is 4.84. The van der Waals surface area contributed by atoms with Gasteiger partial charge in [0.25, 0.3) is 0 Å². The fraction of sp³-hybridized carbons (Fsp3) is 0.300. The minimum absolute atomic E-state index is 0.0741. The zero-order valence-electron chi connectivity index (χ0n) is 14.7. The minimum atomic E-state index is -0.418. The van der Waals surface area contributed by atoms with Crippen LogP contribution in [-0.2, 0) is 22.5 Å². The molecule has 0 saturated heterocycles. The summed E-state index contributed by atoms with van der Waals surface area (Å²) < 4.78 is 7.63. The van der Waals surface area contributed by atoms with Gasteiger partial charge in [-0.25, -0.2) is 4.79 Å². The second kappa shape index (κ2) is 6.61. The number of hydrogen-bond acceptors (Lipinski definition) is 5. The molecule has 1 aliphatic heterocycles. The fourth-order valence-electron chi connectivity index (χ4n) is 3.56. The number of anilines is 1. The first-order chi connectivity index (χ1) is 12.6. The molecular weight excluding hydrogens is 348 g/mol. The van der Waals surface area contributed by atoms with Crippen molar-refractivity contribution in [1.29, 1.82) is 0 Å². The summed E-state index contributed by atoms with van der Waals surface area (Å²) in [5, 5.41) is 5.33. The lowest BCUT2D eigenvalue weighted by atomic mass is 9.94. The Morgan fingerprint density at radius 1 is 1.31 bits per heavy atom. The van der Waals surface area contributed by atoms with Gasteiger partial charge in [-0.2, -0.15) is 0 Å². The van der Waals surface area contributed by atoms with E-state index in [1.165, 1.54) is 18.2 Å². The minimum Gasteiger partial charge on any atom is -0.464 e. The van der Waals surface area contributed by atoms with E-state index in [4.69, 9.17) is 4.74 Å². The number of aryl methyl sites for hydroxylation is 2. The van der Waals surface area contributed by atoms with Crippen LogP contribution in [0.2, 0.25) is 0 Å². The Morgan fingerprint density at radius 3 is 2.96 bits per heavy atom. The predicted molar refractivity (Wildman–Crippen MR) is 103 cm³/mol. The maximum Gasteiger partial charge on any atom is 0.354 e. The molecule has 3 heterocycles. The van der Waals surface area contributed by atoms with Gasteiger partial charge in [0.1, 0.15) is 5.69 Å². The number of ether oxygens (including phenoxy) is 1. The van der Waals surface area contributed by atoms with E-state index in [0.717, 1.165) is 28.7 Å². The van der Waals surface area contributed by atoms with E-state index in [0.29, 0.717) is 5.69 Å². The first-order valence-corrected chi connectivity index (χ1v) is 9.48. The second-order valence-corrected chi connectivity index (χ2v) is 7.59. The standard InChI is InChI=1S/C20H20N2O3S/c1-12-3-5-14-13(9-12)4-6-15(21-14)18(23)11-22-16-7-8-26-19(16)10-17(22)20(24)25-2/h3,5,7-10,15,21H,4,6,11H2,1-2H3. The van der Waals surface area contributed by atoms with Gasteiger partial charge in [0.05, 0.1) is 29.9 Å². The number of aromatic nitrogens is 1. The average Bonchev–Trinajstić information content (AvgIpc) is 3.23. The van der Waals surface area contributed by atoms with E-state index in [-0.39, 0.29) is 18.4 Å². The molecule has 0 aliphatic carbocycles. The molecule has 134 valence electrons. The van der Waals surface area contributed by atoms with Crippen molar-refractivity contribution >= 4 is 39.0 Å². The molecule has 1 atom stereocenters. The number of carbonyl (C=O) groups excluding carboxylic acids is 2. The molecule has 5 nitrogen and oxygen atoms in total. The van der Waals surface area contributed by atoms with Gasteiger partial charge in [-0.1, -0.05) is 17.7 Å². The van der Waals surface area contributed by atoms with Gasteiger partial charge >= 0.3 is 5.97 Å². The number of benzene rings is 1. The molecule has 0 amide bonds. The summed E-state index contributed by atoms with van der Waals surface area (Å²) in [6.45, 7) is 2.23. The van der Waals surface area contributed by atoms with E-state index in [1.807, 2.05) is 17.5 Å². The highest BCUT2D eigenvalue weighted by Gasteiger charge is 2.26. The molecule has 1 aliphatic rings. The SMILES string of the molecule is COC(=O)c1cc2sccc2n1CC(=O)C1CCc2cc(C)ccc2N1. The van der Waals surface area contributed by atoms with Crippen molar-refractivity contribution in [3.8, 4) is 0 Å². The van der Waals surface area contributed by atoms with Gasteiger partial charge in [-0.3, -0.25) is 4.79 Å². The third-order valence-electron chi connectivity index (χ3n) is 4.91. The maximum absolute atomic E-state index is 12.9. The summed E-state index contributed by atoms with van der Waals surface area (Å²) in [4.78, 5) is 25.0. The molecule has 0 bridgehead atoms. The Morgan fingerprint density at radius 2 is 2.15 bits per heavy atom. The number of thiophene rings is 1. The summed E-state index contributed by atoms with van der Waals surface area (Å²) in [7, 11) is 1.36. The number of carbonyl (C=O) groups is 2. The van der Waals surface area contributed by atoms with Crippen LogP contribution in [0.15, 0.2) is 35.7 Å². The van der Waals surface area contributed by atoms with Crippen LogP contribution in [-0.4, -0.2) is 29.5 Å². The smallest absolute Gasteiger partial charge is 0.354 e. The Bertz CT molecular complexity index is 1000. The zero-order valence-corrected chi connectivity index (χ0v) is 15.6. The maximum atomic E-state index is 12.9. The van der Waals surface area contributed by atoms with Gasteiger partial charge in [-0.05, 0) is 48.9 Å². The average molecular weight is 368 g/mol. The van der Waals surface area contributed by atoms with Crippen LogP contribution in [0.3, 0.4) is 0 Å². The van der Waals surface area contributed by atoms with Crippen LogP contribution in [0.1, 0.15) is 28.0 Å². The first-order valence-electron chi connectivity index (χ1n) is 8.60. The number of nitrogens with zero attached hydrogens (tertiary/aromatic N) is 1. The molecule has 0 fully saturated rings. The number of esters is 1. The van der Waals surface area contributed by atoms with Crippen molar-refractivity contribution in [3.05, 3.63) is 52.5 Å². The number of ketones is 1. The molecule has 4 rings (SSSR count). The molecule has 0 radical (unpaired) electrons. The Balaban J connectivity index is 1.59. The Labute approximate surface area is 155 Å². The summed E-state index contributed by atoms with van der Waals surface area (Å²) in [6.07, 6.45) is 1.64. The number of Topliss-reactive ketones (excluding diaryl/α,β-unsaturated/α-hetero) is 1. The van der Waals surface area contributed by atoms with Gasteiger partial charge in [0.15, 0.2) is 5.78 Å². The van der Waals surface area contributed by atoms with Crippen LogP contribution < -0.4 is 5.32 Å². The lowest BCUT2D eigenvalue weighted by Crippen LogP contribution is -2.36. The van der Waals surface area contributed by atoms with Crippen LogP contribution in [0.25, 0.3) is 10.2 Å². The third kappa shape index (κ3) is 2.90. The largest absolute Gasteiger partial charge is 0.464 e. The summed E-state index contributed by atoms with van der Waals surface area (Å²) >= 11 is 1.55. The normalized spacial score (nSPS) is 16.2. The summed E-state index contributed by atoms with van der Waals surface area (Å²) in [6, 6.07) is 9.74. The van der Waals surface area contributed by atoms with Gasteiger partial charge in [-0.15, -0.1) is 11.3 Å². The lowest BCUT2D eigenvalue weighted by Gasteiger charge is -2.26. The van der Waals surface area contributed by atoms with Crippen molar-refractivity contribution in [3.63, 3.8) is 0 Å². The molecule has 2 aromatic heterocycles. The highest BCUT2D eigenvalue weighted by atomic mass is 32.1. The van der Waals surface area contributed by atoms with Crippen molar-refractivity contribution < 1.29 is 14.3 Å². The molecule has 26 heavy (non-hydrogen) atoms. The number of fused-ring (bicyclic) bond motifs is 2. The highest BCUT2D eigenvalue weighted by molar-refractivity contribution is 7.17.